The third-order valence-corrected chi connectivity index (χ3v) is 2.73. The Morgan fingerprint density at radius 1 is 1.06 bits per heavy atom. The molecule has 0 rings (SSSR count). The number of likely N-dealkylation sites (N-methyl/N-ethyl adjacent to an activating group) is 2. The van der Waals surface area contributed by atoms with Crippen LogP contribution >= 0.6 is 0 Å². The van der Waals surface area contributed by atoms with Crippen LogP contribution in [0.25, 0.3) is 0 Å². The summed E-state index contributed by atoms with van der Waals surface area (Å²) in [5.74, 6) is 0. The molecule has 0 aliphatic carbocycles. The van der Waals surface area contributed by atoms with E-state index in [2.05, 4.69) is 65.7 Å². The number of rotatable bonds is 5. The van der Waals surface area contributed by atoms with E-state index in [1.165, 1.54) is 0 Å². The molecule has 0 aliphatic rings. The Bertz CT molecular complexity index is 186. The fraction of sp³-hybridized carbons (Fsp3) is 1.00. The number of hydrogen-bond donors (Lipinski definition) is 1. The third-order valence-electron chi connectivity index (χ3n) is 2.73. The standard InChI is InChI=1S/C14H32N2/c1-9-15-12(14(5,6)7)10-16(8)11-13(2,3)4/h12,15H,9-11H2,1-8H3. The van der Waals surface area contributed by atoms with Gasteiger partial charge in [-0.2, -0.15) is 0 Å². The number of nitrogens with zero attached hydrogens (tertiary/aromatic N) is 1. The van der Waals surface area contributed by atoms with Crippen LogP contribution in [0.15, 0.2) is 0 Å². The van der Waals surface area contributed by atoms with Crippen molar-refractivity contribution >= 4 is 0 Å². The van der Waals surface area contributed by atoms with Crippen LogP contribution in [0.3, 0.4) is 0 Å². The molecule has 0 aromatic rings. The Kier molecular flexibility index (Phi) is 5.99. The van der Waals surface area contributed by atoms with E-state index in [4.69, 9.17) is 0 Å². The summed E-state index contributed by atoms with van der Waals surface area (Å²) in [7, 11) is 2.22. The van der Waals surface area contributed by atoms with Gasteiger partial charge in [-0.25, -0.2) is 0 Å². The van der Waals surface area contributed by atoms with Gasteiger partial charge in [-0.1, -0.05) is 48.5 Å². The lowest BCUT2D eigenvalue weighted by atomic mass is 9.86. The molecule has 0 aromatic carbocycles. The number of nitrogens with one attached hydrogen (secondary N) is 1. The first-order valence-corrected chi connectivity index (χ1v) is 6.48. The largest absolute Gasteiger partial charge is 0.312 e. The van der Waals surface area contributed by atoms with Crippen LogP contribution < -0.4 is 5.32 Å². The summed E-state index contributed by atoms with van der Waals surface area (Å²) >= 11 is 0. The molecule has 2 heteroatoms. The molecular weight excluding hydrogens is 196 g/mol. The normalized spacial score (nSPS) is 15.6. The van der Waals surface area contributed by atoms with Gasteiger partial charge in [0, 0.05) is 19.1 Å². The highest BCUT2D eigenvalue weighted by molar-refractivity contribution is 4.83. The van der Waals surface area contributed by atoms with Gasteiger partial charge in [0.05, 0.1) is 0 Å². The molecule has 0 heterocycles. The molecule has 2 nitrogen and oxygen atoms in total. The van der Waals surface area contributed by atoms with Gasteiger partial charge < -0.3 is 10.2 Å². The zero-order chi connectivity index (χ0) is 13.0. The minimum absolute atomic E-state index is 0.322. The van der Waals surface area contributed by atoms with Crippen molar-refractivity contribution in [2.24, 2.45) is 10.8 Å². The lowest BCUT2D eigenvalue weighted by Gasteiger charge is -2.36. The molecule has 1 unspecified atom stereocenters. The minimum atomic E-state index is 0.322. The van der Waals surface area contributed by atoms with E-state index in [-0.39, 0.29) is 0 Å². The van der Waals surface area contributed by atoms with Crippen molar-refractivity contribution in [3.63, 3.8) is 0 Å². The van der Waals surface area contributed by atoms with E-state index >= 15 is 0 Å². The van der Waals surface area contributed by atoms with Gasteiger partial charge >= 0.3 is 0 Å². The first-order chi connectivity index (χ1) is 7.06. The van der Waals surface area contributed by atoms with Crippen molar-refractivity contribution in [2.75, 3.05) is 26.7 Å². The molecule has 1 atom stereocenters. The van der Waals surface area contributed by atoms with Crippen molar-refractivity contribution < 1.29 is 0 Å². The second kappa shape index (κ2) is 6.02. The molecule has 0 saturated heterocycles. The highest BCUT2D eigenvalue weighted by atomic mass is 15.1. The average molecular weight is 228 g/mol. The first-order valence-electron chi connectivity index (χ1n) is 6.48. The van der Waals surface area contributed by atoms with Gasteiger partial charge in [-0.05, 0) is 24.4 Å². The maximum atomic E-state index is 3.60. The van der Waals surface area contributed by atoms with Crippen LogP contribution in [0.5, 0.6) is 0 Å². The monoisotopic (exact) mass is 228 g/mol. The van der Waals surface area contributed by atoms with E-state index in [1.807, 2.05) is 0 Å². The van der Waals surface area contributed by atoms with E-state index < -0.39 is 0 Å². The molecule has 0 aliphatic heterocycles. The summed E-state index contributed by atoms with van der Waals surface area (Å²) in [6.07, 6.45) is 0. The molecule has 0 amide bonds. The Morgan fingerprint density at radius 2 is 1.56 bits per heavy atom. The first kappa shape index (κ1) is 15.9. The van der Waals surface area contributed by atoms with Crippen molar-refractivity contribution in [3.8, 4) is 0 Å². The van der Waals surface area contributed by atoms with E-state index in [9.17, 15) is 0 Å². The highest BCUT2D eigenvalue weighted by Crippen LogP contribution is 2.21. The quantitative estimate of drug-likeness (QED) is 0.778. The fourth-order valence-electron chi connectivity index (χ4n) is 2.08. The molecular formula is C14H32N2. The second-order valence-electron chi connectivity index (χ2n) is 7.23. The lowest BCUT2D eigenvalue weighted by Crippen LogP contribution is -2.48. The molecule has 0 aromatic heterocycles. The predicted molar refractivity (Wildman–Crippen MR) is 73.9 cm³/mol. The van der Waals surface area contributed by atoms with Crippen LogP contribution in [-0.4, -0.2) is 37.6 Å². The van der Waals surface area contributed by atoms with Gasteiger partial charge in [0.15, 0.2) is 0 Å². The SMILES string of the molecule is CCNC(CN(C)CC(C)(C)C)C(C)(C)C. The summed E-state index contributed by atoms with van der Waals surface area (Å²) in [5, 5.41) is 3.60. The summed E-state index contributed by atoms with van der Waals surface area (Å²) in [5.41, 5.74) is 0.700. The topological polar surface area (TPSA) is 15.3 Å². The van der Waals surface area contributed by atoms with Gasteiger partial charge in [0.1, 0.15) is 0 Å². The smallest absolute Gasteiger partial charge is 0.0243 e. The Balaban J connectivity index is 4.30. The Morgan fingerprint density at radius 3 is 1.88 bits per heavy atom. The van der Waals surface area contributed by atoms with Gasteiger partial charge in [-0.15, -0.1) is 0 Å². The molecule has 0 spiro atoms. The third kappa shape index (κ3) is 7.24. The van der Waals surface area contributed by atoms with Crippen LogP contribution in [-0.2, 0) is 0 Å². The van der Waals surface area contributed by atoms with E-state index in [0.29, 0.717) is 16.9 Å². The van der Waals surface area contributed by atoms with Gasteiger partial charge in [0.2, 0.25) is 0 Å². The van der Waals surface area contributed by atoms with Crippen LogP contribution in [0.4, 0.5) is 0 Å². The van der Waals surface area contributed by atoms with E-state index in [1.54, 1.807) is 0 Å². The molecule has 0 bridgehead atoms. The van der Waals surface area contributed by atoms with Crippen LogP contribution in [0, 0.1) is 10.8 Å². The van der Waals surface area contributed by atoms with Gasteiger partial charge in [0.25, 0.3) is 0 Å². The summed E-state index contributed by atoms with van der Waals surface area (Å²) < 4.78 is 0. The molecule has 0 saturated carbocycles. The lowest BCUT2D eigenvalue weighted by molar-refractivity contribution is 0.161. The summed E-state index contributed by atoms with van der Waals surface area (Å²) in [4.78, 5) is 2.44. The molecule has 1 N–H and O–H groups in total. The summed E-state index contributed by atoms with van der Waals surface area (Å²) in [6, 6.07) is 0.560. The van der Waals surface area contributed by atoms with Crippen LogP contribution in [0.2, 0.25) is 0 Å². The Hall–Kier alpha value is -0.0800. The van der Waals surface area contributed by atoms with Crippen molar-refractivity contribution in [1.82, 2.24) is 10.2 Å². The van der Waals surface area contributed by atoms with Crippen molar-refractivity contribution in [1.29, 1.82) is 0 Å². The highest BCUT2D eigenvalue weighted by Gasteiger charge is 2.25. The Labute approximate surface area is 103 Å². The average Bonchev–Trinajstić information content (AvgIpc) is 1.97. The maximum absolute atomic E-state index is 3.60. The van der Waals surface area contributed by atoms with Crippen molar-refractivity contribution in [2.45, 2.75) is 54.5 Å². The zero-order valence-electron chi connectivity index (χ0n) is 12.6. The second-order valence-corrected chi connectivity index (χ2v) is 7.23. The molecule has 98 valence electrons. The summed E-state index contributed by atoms with van der Waals surface area (Å²) in [6.45, 7) is 19.3. The van der Waals surface area contributed by atoms with E-state index in [0.717, 1.165) is 19.6 Å². The fourth-order valence-corrected chi connectivity index (χ4v) is 2.08. The van der Waals surface area contributed by atoms with Gasteiger partial charge in [-0.3, -0.25) is 0 Å². The molecule has 16 heavy (non-hydrogen) atoms. The maximum Gasteiger partial charge on any atom is 0.0243 e. The van der Waals surface area contributed by atoms with Crippen molar-refractivity contribution in [3.05, 3.63) is 0 Å². The number of hydrogen-bond acceptors (Lipinski definition) is 2. The molecule has 0 fully saturated rings. The minimum Gasteiger partial charge on any atom is -0.312 e. The van der Waals surface area contributed by atoms with Crippen LogP contribution in [0.1, 0.15) is 48.5 Å². The zero-order valence-corrected chi connectivity index (χ0v) is 12.6. The molecule has 0 radical (unpaired) electrons. The predicted octanol–water partition coefficient (Wildman–Crippen LogP) is 2.99.